The second kappa shape index (κ2) is 3.62. The van der Waals surface area contributed by atoms with Crippen LogP contribution in [0.2, 0.25) is 0 Å². The third-order valence-corrected chi connectivity index (χ3v) is 1.26. The van der Waals surface area contributed by atoms with Gasteiger partial charge in [0.15, 0.2) is 0 Å². The number of aliphatic hydroxyl groups is 1. The average molecular weight is 158 g/mol. The van der Waals surface area contributed by atoms with Crippen LogP contribution in [-0.2, 0) is 9.59 Å². The van der Waals surface area contributed by atoms with E-state index >= 15 is 0 Å². The summed E-state index contributed by atoms with van der Waals surface area (Å²) >= 11 is 0. The van der Waals surface area contributed by atoms with E-state index in [9.17, 15) is 14.7 Å². The summed E-state index contributed by atoms with van der Waals surface area (Å²) in [5.41, 5.74) is -1.16. The molecule has 1 N–H and O–H groups in total. The Balaban J connectivity index is 3.99. The molecule has 3 nitrogen and oxygen atoms in total. The van der Waals surface area contributed by atoms with Crippen LogP contribution in [0.25, 0.3) is 0 Å². The lowest BCUT2D eigenvalue weighted by Crippen LogP contribution is -2.29. The van der Waals surface area contributed by atoms with Gasteiger partial charge in [-0.3, -0.25) is 9.59 Å². The lowest BCUT2D eigenvalue weighted by Gasteiger charge is -2.19. The van der Waals surface area contributed by atoms with Gasteiger partial charge in [-0.05, 0) is 20.8 Å². The number of ketones is 2. The largest absolute Gasteiger partial charge is 0.389 e. The standard InChI is InChI=1S/C8H14O3/c1-6(9)4-8(3,11)5-7(2)10/h11H,4-5H2,1-3H3. The molecule has 0 spiro atoms. The summed E-state index contributed by atoms with van der Waals surface area (Å²) in [6.45, 7) is 4.29. The molecule has 0 amide bonds. The Morgan fingerprint density at radius 1 is 1.18 bits per heavy atom. The van der Waals surface area contributed by atoms with Crippen LogP contribution in [0.4, 0.5) is 0 Å². The van der Waals surface area contributed by atoms with E-state index in [4.69, 9.17) is 0 Å². The van der Waals surface area contributed by atoms with E-state index in [1.165, 1.54) is 20.8 Å². The number of rotatable bonds is 4. The van der Waals surface area contributed by atoms with Crippen molar-refractivity contribution in [2.75, 3.05) is 0 Å². The maximum atomic E-state index is 10.6. The van der Waals surface area contributed by atoms with Gasteiger partial charge in [0.2, 0.25) is 0 Å². The van der Waals surface area contributed by atoms with Crippen molar-refractivity contribution >= 4 is 11.6 Å². The van der Waals surface area contributed by atoms with Gasteiger partial charge < -0.3 is 5.11 Å². The first-order valence-corrected chi connectivity index (χ1v) is 3.55. The summed E-state index contributed by atoms with van der Waals surface area (Å²) in [6.07, 6.45) is 0.0964. The summed E-state index contributed by atoms with van der Waals surface area (Å²) in [5, 5.41) is 9.41. The van der Waals surface area contributed by atoms with Crippen LogP contribution in [0.15, 0.2) is 0 Å². The highest BCUT2D eigenvalue weighted by Crippen LogP contribution is 2.14. The number of hydrogen-bond acceptors (Lipinski definition) is 3. The topological polar surface area (TPSA) is 54.4 Å². The van der Waals surface area contributed by atoms with Crippen molar-refractivity contribution in [3.63, 3.8) is 0 Å². The first kappa shape index (κ1) is 10.3. The zero-order valence-corrected chi connectivity index (χ0v) is 7.18. The second-order valence-electron chi connectivity index (χ2n) is 3.25. The molecule has 0 aromatic carbocycles. The van der Waals surface area contributed by atoms with E-state index in [2.05, 4.69) is 0 Å². The van der Waals surface area contributed by atoms with Gasteiger partial charge in [0.05, 0.1) is 5.60 Å². The Hall–Kier alpha value is -0.700. The van der Waals surface area contributed by atoms with Crippen molar-refractivity contribution in [3.05, 3.63) is 0 Å². The van der Waals surface area contributed by atoms with E-state index in [0.717, 1.165) is 0 Å². The highest BCUT2D eigenvalue weighted by atomic mass is 16.3. The van der Waals surface area contributed by atoms with Crippen molar-refractivity contribution in [2.24, 2.45) is 0 Å². The molecule has 0 aliphatic carbocycles. The summed E-state index contributed by atoms with van der Waals surface area (Å²) in [5.74, 6) is -0.201. The minimum atomic E-state index is -1.16. The fourth-order valence-electron chi connectivity index (χ4n) is 1.14. The van der Waals surface area contributed by atoms with Crippen LogP contribution in [0.5, 0.6) is 0 Å². The first-order valence-electron chi connectivity index (χ1n) is 3.55. The molecule has 0 fully saturated rings. The van der Waals surface area contributed by atoms with E-state index in [-0.39, 0.29) is 24.4 Å². The van der Waals surface area contributed by atoms with Crippen molar-refractivity contribution in [3.8, 4) is 0 Å². The molecule has 0 aromatic heterocycles. The molecule has 64 valence electrons. The van der Waals surface area contributed by atoms with Gasteiger partial charge in [-0.25, -0.2) is 0 Å². The molecule has 3 heteroatoms. The molecule has 0 bridgehead atoms. The van der Waals surface area contributed by atoms with Crippen LogP contribution in [-0.4, -0.2) is 22.3 Å². The molecular formula is C8H14O3. The highest BCUT2D eigenvalue weighted by Gasteiger charge is 2.23. The Labute approximate surface area is 66.4 Å². The van der Waals surface area contributed by atoms with Crippen molar-refractivity contribution in [1.82, 2.24) is 0 Å². The molecule has 0 aliphatic heterocycles. The SMILES string of the molecule is CC(=O)CC(C)(O)CC(C)=O. The Morgan fingerprint density at radius 3 is 1.64 bits per heavy atom. The molecule has 0 atom stereocenters. The van der Waals surface area contributed by atoms with Gasteiger partial charge in [-0.1, -0.05) is 0 Å². The fraction of sp³-hybridized carbons (Fsp3) is 0.750. The number of Topliss-reactive ketones (excluding diaryl/α,β-unsaturated/α-hetero) is 2. The fourth-order valence-corrected chi connectivity index (χ4v) is 1.14. The molecule has 11 heavy (non-hydrogen) atoms. The molecule has 0 aromatic rings. The Bertz CT molecular complexity index is 152. The zero-order valence-electron chi connectivity index (χ0n) is 7.18. The summed E-state index contributed by atoms with van der Waals surface area (Å²) in [6, 6.07) is 0. The van der Waals surface area contributed by atoms with Crippen molar-refractivity contribution in [1.29, 1.82) is 0 Å². The molecule has 0 rings (SSSR count). The van der Waals surface area contributed by atoms with Crippen LogP contribution in [0.1, 0.15) is 33.6 Å². The number of carbonyl (C=O) groups is 2. The Kier molecular flexibility index (Phi) is 3.39. The smallest absolute Gasteiger partial charge is 0.132 e. The molecular weight excluding hydrogens is 144 g/mol. The lowest BCUT2D eigenvalue weighted by atomic mass is 9.94. The quantitative estimate of drug-likeness (QED) is 0.655. The first-order chi connectivity index (χ1) is 4.83. The maximum Gasteiger partial charge on any atom is 0.132 e. The highest BCUT2D eigenvalue weighted by molar-refractivity contribution is 5.80. The van der Waals surface area contributed by atoms with Gasteiger partial charge >= 0.3 is 0 Å². The van der Waals surface area contributed by atoms with Gasteiger partial charge in [-0.2, -0.15) is 0 Å². The third kappa shape index (κ3) is 5.73. The summed E-state index contributed by atoms with van der Waals surface area (Å²) in [4.78, 5) is 21.1. The van der Waals surface area contributed by atoms with E-state index in [1.807, 2.05) is 0 Å². The van der Waals surface area contributed by atoms with Gasteiger partial charge in [-0.15, -0.1) is 0 Å². The minimum Gasteiger partial charge on any atom is -0.389 e. The number of hydrogen-bond donors (Lipinski definition) is 1. The van der Waals surface area contributed by atoms with Crippen LogP contribution >= 0.6 is 0 Å². The zero-order chi connectivity index (χ0) is 9.07. The molecule has 0 saturated carbocycles. The van der Waals surface area contributed by atoms with E-state index in [1.54, 1.807) is 0 Å². The van der Waals surface area contributed by atoms with Gasteiger partial charge in [0, 0.05) is 12.8 Å². The predicted octanol–water partition coefficient (Wildman–Crippen LogP) is 0.696. The average Bonchev–Trinajstić information content (AvgIpc) is 1.53. The second-order valence-corrected chi connectivity index (χ2v) is 3.25. The van der Waals surface area contributed by atoms with E-state index in [0.29, 0.717) is 0 Å². The summed E-state index contributed by atoms with van der Waals surface area (Å²) in [7, 11) is 0. The molecule has 0 heterocycles. The van der Waals surface area contributed by atoms with Crippen LogP contribution in [0, 0.1) is 0 Å². The molecule has 0 aliphatic rings. The molecule has 0 unspecified atom stereocenters. The maximum absolute atomic E-state index is 10.6. The van der Waals surface area contributed by atoms with Crippen molar-refractivity contribution in [2.45, 2.75) is 39.2 Å². The minimum absolute atomic E-state index is 0.0482. The Morgan fingerprint density at radius 2 is 1.45 bits per heavy atom. The van der Waals surface area contributed by atoms with Crippen molar-refractivity contribution < 1.29 is 14.7 Å². The van der Waals surface area contributed by atoms with Gasteiger partial charge in [0.1, 0.15) is 11.6 Å². The normalized spacial score (nSPS) is 11.3. The van der Waals surface area contributed by atoms with E-state index < -0.39 is 5.60 Å². The molecule has 0 radical (unpaired) electrons. The van der Waals surface area contributed by atoms with Gasteiger partial charge in [0.25, 0.3) is 0 Å². The van der Waals surface area contributed by atoms with Crippen LogP contribution < -0.4 is 0 Å². The number of carbonyl (C=O) groups excluding carboxylic acids is 2. The monoisotopic (exact) mass is 158 g/mol. The molecule has 0 saturated heterocycles. The lowest BCUT2D eigenvalue weighted by molar-refractivity contribution is -0.125. The summed E-state index contributed by atoms with van der Waals surface area (Å²) < 4.78 is 0. The predicted molar refractivity (Wildman–Crippen MR) is 41.2 cm³/mol. The van der Waals surface area contributed by atoms with Crippen LogP contribution in [0.3, 0.4) is 0 Å². The third-order valence-electron chi connectivity index (χ3n) is 1.26.